The summed E-state index contributed by atoms with van der Waals surface area (Å²) in [5.41, 5.74) is 0.312. The zero-order chi connectivity index (χ0) is 15.2. The minimum atomic E-state index is -0.578. The van der Waals surface area contributed by atoms with Crippen molar-refractivity contribution in [1.29, 1.82) is 0 Å². The zero-order valence-corrected chi connectivity index (χ0v) is 12.1. The lowest BCUT2D eigenvalue weighted by molar-refractivity contribution is 0.0536. The number of rotatable bonds is 4. The Bertz CT molecular complexity index is 492. The maximum Gasteiger partial charge on any atom is 0.407 e. The summed E-state index contributed by atoms with van der Waals surface area (Å²) in [6.45, 7) is 5.35. The van der Waals surface area contributed by atoms with Gasteiger partial charge in [-0.2, -0.15) is 0 Å². The molecular weight excluding hydrogens is 260 g/mol. The quantitative estimate of drug-likeness (QED) is 0.504. The predicted molar refractivity (Wildman–Crippen MR) is 75.6 cm³/mol. The van der Waals surface area contributed by atoms with Crippen molar-refractivity contribution in [3.05, 3.63) is 29.8 Å². The van der Waals surface area contributed by atoms with E-state index in [-0.39, 0.29) is 12.3 Å². The lowest BCUT2D eigenvalue weighted by atomic mass is 10.1. The molecule has 20 heavy (non-hydrogen) atoms. The van der Waals surface area contributed by atoms with E-state index in [1.54, 1.807) is 45.0 Å². The summed E-state index contributed by atoms with van der Waals surface area (Å²) in [6.07, 6.45) is -0.575. The van der Waals surface area contributed by atoms with Crippen molar-refractivity contribution in [1.82, 2.24) is 5.32 Å². The van der Waals surface area contributed by atoms with E-state index in [4.69, 9.17) is 14.7 Å². The van der Waals surface area contributed by atoms with Gasteiger partial charge in [-0.25, -0.2) is 4.79 Å². The summed E-state index contributed by atoms with van der Waals surface area (Å²) in [5.74, 6) is 0.561. The highest BCUT2D eigenvalue weighted by Crippen LogP contribution is 2.18. The van der Waals surface area contributed by atoms with Crippen LogP contribution in [0.3, 0.4) is 0 Å². The van der Waals surface area contributed by atoms with Gasteiger partial charge in [0.25, 0.3) is 0 Å². The van der Waals surface area contributed by atoms with E-state index >= 15 is 0 Å². The first-order chi connectivity index (χ1) is 9.37. The Balaban J connectivity index is 2.72. The molecule has 0 aliphatic rings. The number of ether oxygens (including phenoxy) is 2. The van der Waals surface area contributed by atoms with Gasteiger partial charge in [0.15, 0.2) is 0 Å². The molecule has 0 aromatic heterocycles. The number of oxime groups is 1. The highest BCUT2D eigenvalue weighted by Gasteiger charge is 2.17. The molecular formula is C14H20N2O4. The molecule has 0 saturated heterocycles. The molecule has 0 fully saturated rings. The topological polar surface area (TPSA) is 80.2 Å². The molecule has 6 heteroatoms. The molecule has 110 valence electrons. The molecule has 0 aliphatic heterocycles. The molecule has 0 saturated carbocycles. The van der Waals surface area contributed by atoms with E-state index in [9.17, 15) is 4.79 Å². The predicted octanol–water partition coefficient (Wildman–Crippen LogP) is 2.40. The average Bonchev–Trinajstić information content (AvgIpc) is 2.38. The molecule has 1 rings (SSSR count). The van der Waals surface area contributed by atoms with Crippen LogP contribution >= 0.6 is 0 Å². The number of carbonyl (C=O) groups excluding carboxylic acids is 1. The molecule has 0 bridgehead atoms. The number of alkyl carbamates (subject to hydrolysis) is 1. The molecule has 0 aliphatic carbocycles. The zero-order valence-electron chi connectivity index (χ0n) is 12.1. The normalized spacial score (nSPS) is 11.9. The van der Waals surface area contributed by atoms with E-state index in [1.807, 2.05) is 0 Å². The minimum Gasteiger partial charge on any atom is -0.496 e. The Kier molecular flexibility index (Phi) is 5.37. The monoisotopic (exact) mass is 280 g/mol. The Morgan fingerprint density at radius 2 is 2.00 bits per heavy atom. The summed E-state index contributed by atoms with van der Waals surface area (Å²) in [7, 11) is 1.52. The maximum atomic E-state index is 11.6. The average molecular weight is 280 g/mol. The number of nitrogens with zero attached hydrogens (tertiary/aromatic N) is 1. The number of hydrogen-bond donors (Lipinski definition) is 2. The van der Waals surface area contributed by atoms with Gasteiger partial charge in [-0.1, -0.05) is 17.3 Å². The highest BCUT2D eigenvalue weighted by atomic mass is 16.6. The standard InChI is InChI=1S/C14H20N2O4/c1-14(2,3)20-13(17)15-9-11(16-18)10-7-5-6-8-12(10)19-4/h5-8,18H,9H2,1-4H3,(H,15,17). The third kappa shape index (κ3) is 4.79. The summed E-state index contributed by atoms with van der Waals surface area (Å²) >= 11 is 0. The first-order valence-electron chi connectivity index (χ1n) is 6.18. The Morgan fingerprint density at radius 3 is 2.55 bits per heavy atom. The lowest BCUT2D eigenvalue weighted by Crippen LogP contribution is -2.35. The van der Waals surface area contributed by atoms with Crippen LogP contribution in [0.4, 0.5) is 4.79 Å². The van der Waals surface area contributed by atoms with Crippen LogP contribution in [-0.2, 0) is 4.74 Å². The number of nitrogens with one attached hydrogen (secondary N) is 1. The minimum absolute atomic E-state index is 0.0335. The summed E-state index contributed by atoms with van der Waals surface area (Å²) in [4.78, 5) is 11.6. The Hall–Kier alpha value is -2.24. The lowest BCUT2D eigenvalue weighted by Gasteiger charge is -2.20. The summed E-state index contributed by atoms with van der Waals surface area (Å²) < 4.78 is 10.3. The van der Waals surface area contributed by atoms with Gasteiger partial charge >= 0.3 is 6.09 Å². The summed E-state index contributed by atoms with van der Waals surface area (Å²) in [6, 6.07) is 7.08. The fourth-order valence-electron chi connectivity index (χ4n) is 1.54. The van der Waals surface area contributed by atoms with E-state index in [0.29, 0.717) is 11.3 Å². The van der Waals surface area contributed by atoms with Gasteiger partial charge in [0, 0.05) is 5.56 Å². The SMILES string of the molecule is COc1ccccc1C(CNC(=O)OC(C)(C)C)=NO. The molecule has 0 atom stereocenters. The van der Waals surface area contributed by atoms with Crippen molar-refractivity contribution in [2.24, 2.45) is 5.16 Å². The van der Waals surface area contributed by atoms with E-state index < -0.39 is 11.7 Å². The second kappa shape index (κ2) is 6.79. The maximum absolute atomic E-state index is 11.6. The van der Waals surface area contributed by atoms with Crippen LogP contribution in [0.5, 0.6) is 5.75 Å². The number of carbonyl (C=O) groups is 1. The van der Waals surface area contributed by atoms with Crippen molar-refractivity contribution >= 4 is 11.8 Å². The molecule has 0 heterocycles. The molecule has 6 nitrogen and oxygen atoms in total. The van der Waals surface area contributed by atoms with Gasteiger partial charge in [-0.05, 0) is 32.9 Å². The van der Waals surface area contributed by atoms with Gasteiger partial charge in [0.05, 0.1) is 13.7 Å². The van der Waals surface area contributed by atoms with Crippen molar-refractivity contribution in [2.75, 3.05) is 13.7 Å². The van der Waals surface area contributed by atoms with Gasteiger partial charge in [0.2, 0.25) is 0 Å². The second-order valence-electron chi connectivity index (χ2n) is 5.10. The molecule has 1 amide bonds. The van der Waals surface area contributed by atoms with E-state index in [2.05, 4.69) is 10.5 Å². The first kappa shape index (κ1) is 15.8. The van der Waals surface area contributed by atoms with Crippen LogP contribution in [0.2, 0.25) is 0 Å². The smallest absolute Gasteiger partial charge is 0.407 e. The first-order valence-corrected chi connectivity index (χ1v) is 6.18. The van der Waals surface area contributed by atoms with Crippen LogP contribution in [-0.4, -0.2) is 36.3 Å². The fraction of sp³-hybridized carbons (Fsp3) is 0.429. The Labute approximate surface area is 118 Å². The van der Waals surface area contributed by atoms with Crippen molar-refractivity contribution in [2.45, 2.75) is 26.4 Å². The number of para-hydroxylation sites is 1. The van der Waals surface area contributed by atoms with Crippen molar-refractivity contribution in [3.8, 4) is 5.75 Å². The van der Waals surface area contributed by atoms with Gasteiger partial charge in [-0.3, -0.25) is 0 Å². The van der Waals surface area contributed by atoms with Gasteiger partial charge < -0.3 is 20.0 Å². The third-order valence-electron chi connectivity index (χ3n) is 2.34. The molecule has 1 aromatic rings. The molecule has 0 spiro atoms. The Morgan fingerprint density at radius 1 is 1.35 bits per heavy atom. The number of benzene rings is 1. The van der Waals surface area contributed by atoms with Gasteiger partial charge in [-0.15, -0.1) is 0 Å². The van der Waals surface area contributed by atoms with E-state index in [0.717, 1.165) is 0 Å². The number of amides is 1. The van der Waals surface area contributed by atoms with Crippen LogP contribution in [0.1, 0.15) is 26.3 Å². The largest absolute Gasteiger partial charge is 0.496 e. The summed E-state index contributed by atoms with van der Waals surface area (Å²) in [5, 5.41) is 14.8. The van der Waals surface area contributed by atoms with Crippen molar-refractivity contribution in [3.63, 3.8) is 0 Å². The van der Waals surface area contributed by atoms with E-state index in [1.165, 1.54) is 7.11 Å². The molecule has 2 N–H and O–H groups in total. The molecule has 1 aromatic carbocycles. The molecule has 0 unspecified atom stereocenters. The number of hydrogen-bond acceptors (Lipinski definition) is 5. The van der Waals surface area contributed by atoms with Gasteiger partial charge in [0.1, 0.15) is 17.1 Å². The van der Waals surface area contributed by atoms with Crippen LogP contribution < -0.4 is 10.1 Å². The fourth-order valence-corrected chi connectivity index (χ4v) is 1.54. The van der Waals surface area contributed by atoms with Crippen molar-refractivity contribution < 1.29 is 19.5 Å². The second-order valence-corrected chi connectivity index (χ2v) is 5.10. The van der Waals surface area contributed by atoms with Crippen LogP contribution in [0.25, 0.3) is 0 Å². The van der Waals surface area contributed by atoms with Crippen LogP contribution in [0, 0.1) is 0 Å². The van der Waals surface area contributed by atoms with Crippen LogP contribution in [0.15, 0.2) is 29.4 Å². The highest BCUT2D eigenvalue weighted by molar-refractivity contribution is 6.04. The number of methoxy groups -OCH3 is 1. The third-order valence-corrected chi connectivity index (χ3v) is 2.34. The molecule has 0 radical (unpaired) electrons.